The molecular formula is C58H69IN12O. The second-order valence-corrected chi connectivity index (χ2v) is 21.0. The Morgan fingerprint density at radius 3 is 1.43 bits per heavy atom. The Balaban J connectivity index is 0.000000171. The highest BCUT2D eigenvalue weighted by Crippen LogP contribution is 2.33. The molecule has 9 aromatic rings. The highest BCUT2D eigenvalue weighted by Gasteiger charge is 2.24. The molecule has 0 spiro atoms. The number of aromatic nitrogens is 6. The molecule has 0 saturated carbocycles. The van der Waals surface area contributed by atoms with Gasteiger partial charge in [0.15, 0.2) is 0 Å². The Hall–Kier alpha value is -6.62. The van der Waals surface area contributed by atoms with Gasteiger partial charge in [0.25, 0.3) is 0 Å². The molecule has 5 heterocycles. The number of halogens is 1. The number of nitrogen functional groups attached to an aromatic ring is 2. The van der Waals surface area contributed by atoms with Gasteiger partial charge in [-0.1, -0.05) is 149 Å². The molecular weight excluding hydrogens is 1010 g/mol. The summed E-state index contributed by atoms with van der Waals surface area (Å²) < 4.78 is 6.20. The topological polar surface area (TPSA) is 171 Å². The summed E-state index contributed by atoms with van der Waals surface area (Å²) in [6.07, 6.45) is 0. The van der Waals surface area contributed by atoms with E-state index in [1.807, 2.05) is 46.9 Å². The van der Waals surface area contributed by atoms with Crippen LogP contribution in [0.4, 0.5) is 22.7 Å². The van der Waals surface area contributed by atoms with Crippen molar-refractivity contribution in [3.05, 3.63) is 154 Å². The third-order valence-electron chi connectivity index (χ3n) is 14.1. The van der Waals surface area contributed by atoms with Crippen molar-refractivity contribution in [3.8, 4) is 22.8 Å². The van der Waals surface area contributed by atoms with E-state index in [2.05, 4.69) is 178 Å². The lowest BCUT2D eigenvalue weighted by Crippen LogP contribution is -2.46. The van der Waals surface area contributed by atoms with Crippen molar-refractivity contribution in [2.75, 3.05) is 78.5 Å². The van der Waals surface area contributed by atoms with E-state index in [0.717, 1.165) is 132 Å². The zero-order chi connectivity index (χ0) is 51.4. The van der Waals surface area contributed by atoms with Gasteiger partial charge in [0.1, 0.15) is 22.7 Å². The minimum atomic E-state index is -0.154. The number of hydrogen-bond donors (Lipinski definition) is 6. The maximum absolute atomic E-state index is 11.7. The molecule has 8 N–H and O–H groups in total. The first-order chi connectivity index (χ1) is 35.1. The van der Waals surface area contributed by atoms with Crippen LogP contribution in [-0.2, 0) is 23.9 Å². The van der Waals surface area contributed by atoms with Gasteiger partial charge in [-0.2, -0.15) is 0 Å². The van der Waals surface area contributed by atoms with E-state index in [1.54, 1.807) is 0 Å². The van der Waals surface area contributed by atoms with E-state index in [0.29, 0.717) is 16.3 Å². The van der Waals surface area contributed by atoms with Crippen molar-refractivity contribution >= 4 is 78.4 Å². The second kappa shape index (κ2) is 21.2. The molecule has 0 aliphatic carbocycles. The van der Waals surface area contributed by atoms with E-state index in [1.165, 1.54) is 22.5 Å². The van der Waals surface area contributed by atoms with Gasteiger partial charge >= 0.3 is 5.69 Å². The molecule has 14 heteroatoms. The van der Waals surface area contributed by atoms with Crippen LogP contribution in [0.25, 0.3) is 55.9 Å². The van der Waals surface area contributed by atoms with Gasteiger partial charge in [0, 0.05) is 77.9 Å². The molecule has 0 atom stereocenters. The molecule has 0 radical (unpaired) electrons. The average Bonchev–Trinajstić information content (AvgIpc) is 4.13. The number of H-pyrrole nitrogens is 4. The number of aromatic amines is 4. The molecule has 6 aromatic carbocycles. The summed E-state index contributed by atoms with van der Waals surface area (Å²) in [5.41, 5.74) is 29.1. The Bertz CT molecular complexity index is 3350. The molecule has 0 bridgehead atoms. The maximum Gasteiger partial charge on any atom is 0.323 e. The number of hydrogen-bond acceptors (Lipinski definition) is 9. The van der Waals surface area contributed by atoms with Gasteiger partial charge in [0.05, 0.1) is 44.8 Å². The van der Waals surface area contributed by atoms with Gasteiger partial charge in [-0.05, 0) is 74.4 Å². The summed E-state index contributed by atoms with van der Waals surface area (Å²) in [4.78, 5) is 44.9. The number of imidazole rings is 3. The summed E-state index contributed by atoms with van der Waals surface area (Å²) in [5.74, 6) is 1.82. The summed E-state index contributed by atoms with van der Waals surface area (Å²) >= 11 is 1.96. The molecule has 374 valence electrons. The van der Waals surface area contributed by atoms with E-state index >= 15 is 0 Å². The number of fused-ring (bicyclic) bond motifs is 3. The van der Waals surface area contributed by atoms with Crippen LogP contribution in [0.3, 0.4) is 0 Å². The number of benzene rings is 6. The zero-order valence-corrected chi connectivity index (χ0v) is 44.6. The van der Waals surface area contributed by atoms with Crippen LogP contribution in [0.2, 0.25) is 0 Å². The Morgan fingerprint density at radius 1 is 0.542 bits per heavy atom. The van der Waals surface area contributed by atoms with E-state index in [4.69, 9.17) is 22.8 Å². The van der Waals surface area contributed by atoms with E-state index in [-0.39, 0.29) is 16.5 Å². The maximum atomic E-state index is 11.7. The summed E-state index contributed by atoms with van der Waals surface area (Å²) in [6, 6.07) is 42.2. The van der Waals surface area contributed by atoms with Gasteiger partial charge in [0.2, 0.25) is 0 Å². The number of nitrogens with one attached hydrogen (secondary N) is 4. The molecule has 0 unspecified atom stereocenters. The largest absolute Gasteiger partial charge is 0.397 e. The first-order valence-electron chi connectivity index (χ1n) is 25.6. The SMILES string of the molecule is CC(C)(C)c1ccc(-c2nc3c(N4CCN(Cc5cccc(N)c5N)CC4)cccc3[nH]2)cc1.CC(C)(C)c1ccc(-c2nc3c(N4CCN(Cc5cccc6[nH]c(=O)[nH]c56)CC4)cccc3[nH]2)cc1.[2H]CI. The molecule has 2 aliphatic heterocycles. The van der Waals surface area contributed by atoms with Crippen molar-refractivity contribution < 1.29 is 1.37 Å². The van der Waals surface area contributed by atoms with Crippen LogP contribution < -0.4 is 27.0 Å². The first kappa shape index (κ1) is 49.0. The number of piperazine rings is 2. The third kappa shape index (κ3) is 11.1. The van der Waals surface area contributed by atoms with Crippen molar-refractivity contribution in [1.82, 2.24) is 39.7 Å². The smallest absolute Gasteiger partial charge is 0.323 e. The summed E-state index contributed by atoms with van der Waals surface area (Å²) in [7, 11) is 0. The minimum Gasteiger partial charge on any atom is -0.397 e. The summed E-state index contributed by atoms with van der Waals surface area (Å²) in [5, 5.41) is 0. The fourth-order valence-corrected chi connectivity index (χ4v) is 9.87. The van der Waals surface area contributed by atoms with Gasteiger partial charge in [-0.3, -0.25) is 9.80 Å². The number of nitrogens with two attached hydrogens (primary N) is 2. The number of rotatable bonds is 8. The minimum absolute atomic E-state index is 0.132. The van der Waals surface area contributed by atoms with E-state index in [9.17, 15) is 4.79 Å². The number of anilines is 4. The van der Waals surface area contributed by atoms with Crippen molar-refractivity contribution in [1.29, 1.82) is 0 Å². The van der Waals surface area contributed by atoms with Crippen molar-refractivity contribution in [2.45, 2.75) is 65.5 Å². The molecule has 13 nitrogen and oxygen atoms in total. The molecule has 11 rings (SSSR count). The van der Waals surface area contributed by atoms with Crippen LogP contribution >= 0.6 is 22.6 Å². The highest BCUT2D eigenvalue weighted by molar-refractivity contribution is 14.1. The fourth-order valence-electron chi connectivity index (χ4n) is 9.87. The summed E-state index contributed by atoms with van der Waals surface area (Å²) in [6.45, 7) is 22.6. The van der Waals surface area contributed by atoms with Crippen LogP contribution in [-0.4, -0.2) is 97.0 Å². The Labute approximate surface area is 438 Å². The molecule has 0 amide bonds. The van der Waals surface area contributed by atoms with Crippen molar-refractivity contribution in [3.63, 3.8) is 0 Å². The molecule has 2 saturated heterocycles. The molecule has 2 fully saturated rings. The van der Waals surface area contributed by atoms with Gasteiger partial charge < -0.3 is 41.2 Å². The fraction of sp³-hybridized carbons (Fsp3) is 0.328. The second-order valence-electron chi connectivity index (χ2n) is 21.0. The van der Waals surface area contributed by atoms with Crippen LogP contribution in [0.1, 0.15) is 65.2 Å². The lowest BCUT2D eigenvalue weighted by Gasteiger charge is -2.36. The van der Waals surface area contributed by atoms with Crippen LogP contribution in [0, 0.1) is 0 Å². The van der Waals surface area contributed by atoms with Crippen LogP contribution in [0.15, 0.2) is 126 Å². The molecule has 3 aromatic heterocycles. The van der Waals surface area contributed by atoms with Crippen molar-refractivity contribution in [2.24, 2.45) is 0 Å². The zero-order valence-electron chi connectivity index (χ0n) is 43.4. The molecule has 2 aliphatic rings. The van der Waals surface area contributed by atoms with E-state index < -0.39 is 0 Å². The first-order valence-corrected chi connectivity index (χ1v) is 26.4. The average molecular weight is 1080 g/mol. The Kier molecular flexibility index (Phi) is 14.4. The monoisotopic (exact) mass is 1080 g/mol. The van der Waals surface area contributed by atoms with Crippen LogP contribution in [0.5, 0.6) is 0 Å². The lowest BCUT2D eigenvalue weighted by atomic mass is 9.87. The molecule has 72 heavy (non-hydrogen) atoms. The lowest BCUT2D eigenvalue weighted by molar-refractivity contribution is 0.250. The standard InChI is InChI=1S/C29H32N6O.C28H34N6.CH3I/c1-29(2,3)21-12-10-19(11-13-21)27-30-23-8-5-9-24(26(23)32-27)35-16-14-34(15-17-35)18-20-6-4-7-22-25(20)33-28(36)31-22;1-28(2,3)21-12-10-19(11-13-21)27-31-23-8-5-9-24(26(23)32-27)34-16-14-33(15-17-34)18-20-6-4-7-22(29)25(20)30;1-2/h4-13H,14-18H2,1-3H3,(H,30,32)(H2,31,33,36);4-13H,14-18,29-30H2,1-3H3,(H,31,32);1H3/i;;1D. The highest BCUT2D eigenvalue weighted by atomic mass is 127. The predicted molar refractivity (Wildman–Crippen MR) is 310 cm³/mol. The number of nitrogens with zero attached hydrogens (tertiary/aromatic N) is 6. The quantitative estimate of drug-likeness (QED) is 0.0492. The van der Waals surface area contributed by atoms with Gasteiger partial charge in [-0.25, -0.2) is 14.8 Å². The number of para-hydroxylation sites is 4. The third-order valence-corrected chi connectivity index (χ3v) is 14.1. The Morgan fingerprint density at radius 2 is 0.958 bits per heavy atom. The van der Waals surface area contributed by atoms with Gasteiger partial charge in [-0.15, -0.1) is 0 Å². The normalized spacial score (nSPS) is 15.1. The number of alkyl halides is 1. The predicted octanol–water partition coefficient (Wildman–Crippen LogP) is 11.1.